The molecule has 0 amide bonds. The average molecular weight is 262 g/mol. The molecule has 2 fully saturated rings. The average Bonchev–Trinajstić information content (AvgIpc) is 2.50. The Labute approximate surface area is 120 Å². The lowest BCUT2D eigenvalue weighted by Gasteiger charge is -2.35. The van der Waals surface area contributed by atoms with Crippen LogP contribution in [-0.4, -0.2) is 6.92 Å². The fourth-order valence-electron chi connectivity index (χ4n) is 4.03. The van der Waals surface area contributed by atoms with Gasteiger partial charge in [-0.3, -0.25) is 0 Å². The van der Waals surface area contributed by atoms with Gasteiger partial charge in [0.25, 0.3) is 0 Å². The number of hydrogen-bond donors (Lipinski definition) is 0. The van der Waals surface area contributed by atoms with Gasteiger partial charge >= 0.3 is 6.92 Å². The lowest BCUT2D eigenvalue weighted by molar-refractivity contribution is 0.345. The van der Waals surface area contributed by atoms with Crippen LogP contribution >= 0.6 is 0 Å². The van der Waals surface area contributed by atoms with Gasteiger partial charge in [0.05, 0.1) is 5.76 Å². The predicted molar refractivity (Wildman–Crippen MR) is 84.6 cm³/mol. The van der Waals surface area contributed by atoms with Crippen LogP contribution in [0.3, 0.4) is 0 Å². The predicted octanol–water partition coefficient (Wildman–Crippen LogP) is 5.98. The highest BCUT2D eigenvalue weighted by Crippen LogP contribution is 2.42. The lowest BCUT2D eigenvalue weighted by Crippen LogP contribution is -2.33. The second kappa shape index (κ2) is 8.02. The molecule has 2 aliphatic carbocycles. The summed E-state index contributed by atoms with van der Waals surface area (Å²) in [5, 5.41) is 0. The summed E-state index contributed by atoms with van der Waals surface area (Å²) in [5.74, 6) is 2.89. The topological polar surface area (TPSA) is 9.23 Å². The maximum absolute atomic E-state index is 6.49. The number of hydrogen-bond acceptors (Lipinski definition) is 1. The highest BCUT2D eigenvalue weighted by Gasteiger charge is 2.38. The summed E-state index contributed by atoms with van der Waals surface area (Å²) in [4.78, 5) is 0. The van der Waals surface area contributed by atoms with Gasteiger partial charge in [0.15, 0.2) is 0 Å². The maximum Gasteiger partial charge on any atom is 0.363 e. The molecule has 0 bridgehead atoms. The minimum absolute atomic E-state index is 0.520. The Morgan fingerprint density at radius 3 is 1.79 bits per heavy atom. The molecule has 0 aliphatic heterocycles. The van der Waals surface area contributed by atoms with Crippen LogP contribution in [0.2, 0.25) is 11.6 Å². The summed E-state index contributed by atoms with van der Waals surface area (Å²) >= 11 is 0. The third-order valence-corrected chi connectivity index (χ3v) is 5.19. The molecule has 0 aromatic rings. The van der Waals surface area contributed by atoms with E-state index >= 15 is 0 Å². The molecule has 0 atom stereocenters. The first kappa shape index (κ1) is 15.0. The summed E-state index contributed by atoms with van der Waals surface area (Å²) < 4.78 is 6.49. The van der Waals surface area contributed by atoms with Crippen molar-refractivity contribution >= 4 is 6.92 Å². The van der Waals surface area contributed by atoms with Crippen molar-refractivity contribution in [3.05, 3.63) is 11.8 Å². The van der Waals surface area contributed by atoms with E-state index < -0.39 is 0 Å². The first-order valence-corrected chi connectivity index (χ1v) is 8.67. The summed E-state index contributed by atoms with van der Waals surface area (Å²) in [6, 6.07) is 0. The molecule has 0 heterocycles. The Kier molecular flexibility index (Phi) is 6.33. The van der Waals surface area contributed by atoms with E-state index in [2.05, 4.69) is 19.9 Å². The summed E-state index contributed by atoms with van der Waals surface area (Å²) in [7, 11) is 0. The summed E-state index contributed by atoms with van der Waals surface area (Å²) in [6.45, 7) is 4.86. The third kappa shape index (κ3) is 4.29. The molecule has 0 radical (unpaired) electrons. The van der Waals surface area contributed by atoms with Gasteiger partial charge in [-0.05, 0) is 25.0 Å². The second-order valence-electron chi connectivity index (χ2n) is 6.49. The molecule has 108 valence electrons. The Morgan fingerprint density at radius 2 is 1.42 bits per heavy atom. The van der Waals surface area contributed by atoms with Gasteiger partial charge in [0.1, 0.15) is 0 Å². The minimum atomic E-state index is 0.520. The molecular formula is C17H31BO. The van der Waals surface area contributed by atoms with E-state index in [4.69, 9.17) is 4.65 Å². The molecular weight excluding hydrogens is 231 g/mol. The monoisotopic (exact) mass is 262 g/mol. The fraction of sp³-hybridized carbons (Fsp3) is 0.882. The number of allylic oxidation sites excluding steroid dienone is 2. The van der Waals surface area contributed by atoms with E-state index in [1.165, 1.54) is 70.0 Å². The van der Waals surface area contributed by atoms with Crippen LogP contribution < -0.4 is 0 Å². The normalized spacial score (nSPS) is 23.4. The van der Waals surface area contributed by atoms with Crippen molar-refractivity contribution < 1.29 is 4.65 Å². The van der Waals surface area contributed by atoms with Gasteiger partial charge in [-0.1, -0.05) is 77.2 Å². The van der Waals surface area contributed by atoms with Crippen molar-refractivity contribution in [1.82, 2.24) is 0 Å². The lowest BCUT2D eigenvalue weighted by atomic mass is 9.41. The van der Waals surface area contributed by atoms with Crippen LogP contribution in [0.25, 0.3) is 0 Å². The van der Waals surface area contributed by atoms with Crippen LogP contribution in [-0.2, 0) is 4.65 Å². The van der Waals surface area contributed by atoms with Gasteiger partial charge in [-0.15, -0.1) is 0 Å². The zero-order valence-corrected chi connectivity index (χ0v) is 13.0. The quantitative estimate of drug-likeness (QED) is 0.437. The van der Waals surface area contributed by atoms with Crippen molar-refractivity contribution in [3.63, 3.8) is 0 Å². The van der Waals surface area contributed by atoms with Crippen LogP contribution in [0.4, 0.5) is 0 Å². The SMILES string of the molecule is C/C=C(/CC)OB(C1CCCCC1)C1CCCCC1. The Hall–Kier alpha value is -0.395. The fourth-order valence-corrected chi connectivity index (χ4v) is 4.03. The highest BCUT2D eigenvalue weighted by atomic mass is 16.4. The van der Waals surface area contributed by atoms with Crippen LogP contribution in [0.15, 0.2) is 11.8 Å². The Bertz CT molecular complexity index is 257. The molecule has 0 spiro atoms. The zero-order chi connectivity index (χ0) is 13.5. The van der Waals surface area contributed by atoms with Gasteiger partial charge < -0.3 is 4.65 Å². The van der Waals surface area contributed by atoms with Crippen LogP contribution in [0.5, 0.6) is 0 Å². The molecule has 1 nitrogen and oxygen atoms in total. The molecule has 2 aliphatic rings. The summed E-state index contributed by atoms with van der Waals surface area (Å²) in [5.41, 5.74) is 0. The van der Waals surface area contributed by atoms with E-state index in [0.29, 0.717) is 6.92 Å². The molecule has 0 aromatic carbocycles. The molecule has 0 aromatic heterocycles. The van der Waals surface area contributed by atoms with Crippen molar-refractivity contribution in [2.75, 3.05) is 0 Å². The van der Waals surface area contributed by atoms with Crippen LogP contribution in [0, 0.1) is 0 Å². The van der Waals surface area contributed by atoms with Gasteiger partial charge in [-0.25, -0.2) is 0 Å². The Balaban J connectivity index is 2.02. The van der Waals surface area contributed by atoms with E-state index in [-0.39, 0.29) is 0 Å². The smallest absolute Gasteiger partial charge is 0.363 e. The molecule has 0 unspecified atom stereocenters. The minimum Gasteiger partial charge on any atom is -0.563 e. The first-order valence-electron chi connectivity index (χ1n) is 8.67. The molecule has 19 heavy (non-hydrogen) atoms. The molecule has 0 saturated heterocycles. The largest absolute Gasteiger partial charge is 0.563 e. The van der Waals surface area contributed by atoms with Crippen LogP contribution in [0.1, 0.15) is 84.5 Å². The third-order valence-electron chi connectivity index (χ3n) is 5.19. The summed E-state index contributed by atoms with van der Waals surface area (Å²) in [6.07, 6.45) is 17.4. The van der Waals surface area contributed by atoms with Crippen molar-refractivity contribution in [3.8, 4) is 0 Å². The zero-order valence-electron chi connectivity index (χ0n) is 13.0. The van der Waals surface area contributed by atoms with Gasteiger partial charge in [0.2, 0.25) is 0 Å². The molecule has 2 heteroatoms. The highest BCUT2D eigenvalue weighted by molar-refractivity contribution is 6.55. The Morgan fingerprint density at radius 1 is 0.947 bits per heavy atom. The maximum atomic E-state index is 6.49. The van der Waals surface area contributed by atoms with Crippen molar-refractivity contribution in [2.45, 2.75) is 96.1 Å². The van der Waals surface area contributed by atoms with Gasteiger partial charge in [-0.2, -0.15) is 0 Å². The molecule has 2 saturated carbocycles. The van der Waals surface area contributed by atoms with E-state index in [1.807, 2.05) is 0 Å². The standard InChI is InChI=1S/C17H31BO/c1-3-17(4-2)19-18(15-11-7-5-8-12-15)16-13-9-6-10-14-16/h3,15-16H,4-14H2,1-2H3/b17-3-. The van der Waals surface area contributed by atoms with Crippen molar-refractivity contribution in [1.29, 1.82) is 0 Å². The first-order chi connectivity index (χ1) is 9.35. The number of rotatable bonds is 5. The molecule has 0 N–H and O–H groups in total. The van der Waals surface area contributed by atoms with E-state index in [1.54, 1.807) is 0 Å². The molecule has 2 rings (SSSR count). The van der Waals surface area contributed by atoms with Gasteiger partial charge in [0, 0.05) is 0 Å². The van der Waals surface area contributed by atoms with E-state index in [9.17, 15) is 0 Å². The van der Waals surface area contributed by atoms with Crippen molar-refractivity contribution in [2.24, 2.45) is 0 Å². The van der Waals surface area contributed by atoms with E-state index in [0.717, 1.165) is 18.1 Å². The second-order valence-corrected chi connectivity index (χ2v) is 6.49.